The van der Waals surface area contributed by atoms with Crippen LogP contribution in [0.5, 0.6) is 0 Å². The van der Waals surface area contributed by atoms with E-state index < -0.39 is 5.97 Å². The molecule has 0 atom stereocenters. The van der Waals surface area contributed by atoms with Crippen molar-refractivity contribution in [1.29, 1.82) is 0 Å². The zero-order chi connectivity index (χ0) is 94.0. The van der Waals surface area contributed by atoms with Crippen LogP contribution in [0.15, 0.2) is 219 Å². The normalized spacial score (nSPS) is 10.8. The first kappa shape index (κ1) is 103. The Balaban J connectivity index is 0.000000187. The second kappa shape index (κ2) is 49.0. The molecule has 16 aromatic rings. The topological polar surface area (TPSA) is 239 Å². The first-order chi connectivity index (χ1) is 61.6. The van der Waals surface area contributed by atoms with Gasteiger partial charge in [-0.15, -0.1) is 0 Å². The summed E-state index contributed by atoms with van der Waals surface area (Å²) in [5, 5.41) is 30.8. The van der Waals surface area contributed by atoms with Crippen LogP contribution in [0, 0.1) is 90.0 Å². The van der Waals surface area contributed by atoms with Gasteiger partial charge in [0.15, 0.2) is 0 Å². The number of aliphatic carboxylic acids is 1. The number of hydrogen-bond donors (Lipinski definition) is 6. The van der Waals surface area contributed by atoms with Gasteiger partial charge in [-0.25, -0.2) is 0 Å². The molecule has 16 rings (SSSR count). The van der Waals surface area contributed by atoms with Gasteiger partial charge in [-0.2, -0.15) is 20.4 Å². The van der Waals surface area contributed by atoms with Crippen molar-refractivity contribution in [2.75, 3.05) is 28.7 Å². The molecule has 12 aromatic carbocycles. The molecule has 1 radical (unpaired) electrons. The van der Waals surface area contributed by atoms with Crippen molar-refractivity contribution < 1.29 is 42.6 Å². The minimum absolute atomic E-state index is 0. The third kappa shape index (κ3) is 27.9. The second-order valence-electron chi connectivity index (χ2n) is 34.7. The van der Waals surface area contributed by atoms with Crippen LogP contribution in [-0.2, 0) is 104 Å². The average Bonchev–Trinajstić information content (AvgIpc) is 1.58. The predicted octanol–water partition coefficient (Wildman–Crippen LogP) is 27.4. The van der Waals surface area contributed by atoms with E-state index in [1.54, 1.807) is 0 Å². The van der Waals surface area contributed by atoms with Crippen LogP contribution in [0.4, 0.5) is 28.4 Å². The summed E-state index contributed by atoms with van der Waals surface area (Å²) in [6, 6.07) is 66.2. The number of rotatable bonds is 18. The molecule has 0 aliphatic carbocycles. The molecule has 16 heteroatoms. The number of carbonyl (C=O) groups is 1. The fourth-order valence-corrected chi connectivity index (χ4v) is 16.6. The summed E-state index contributed by atoms with van der Waals surface area (Å²) in [5.41, 5.74) is 73.7. The molecular weight excluding hydrogens is 1670 g/mol. The minimum atomic E-state index is -0.761. The summed E-state index contributed by atoms with van der Waals surface area (Å²) in [6.45, 7) is 40.7. The first-order valence-electron chi connectivity index (χ1n) is 45.7. The number of carboxylic acid groups (broad SMARTS) is 1. The van der Waals surface area contributed by atoms with E-state index in [2.05, 4.69) is 284 Å². The van der Waals surface area contributed by atoms with E-state index in [-0.39, 0.29) is 39.1 Å². The monoisotopic (exact) mass is 1810 g/mol. The molecule has 0 saturated carbocycles. The van der Waals surface area contributed by atoms with Crippen molar-refractivity contribution in [3.63, 3.8) is 0 Å². The number of benzene rings is 12. The summed E-state index contributed by atoms with van der Waals surface area (Å²) in [5.74, 6) is -0.761. The van der Waals surface area contributed by atoms with Gasteiger partial charge in [0.25, 0.3) is 0 Å². The molecule has 0 bridgehead atoms. The van der Waals surface area contributed by atoms with E-state index >= 15 is 0 Å². The van der Waals surface area contributed by atoms with Crippen molar-refractivity contribution in [2.45, 2.75) is 209 Å². The number of anilines is 5. The maximum atomic E-state index is 10.8. The Hall–Kier alpha value is -12.2. The average molecular weight is 1810 g/mol. The van der Waals surface area contributed by atoms with E-state index in [0.717, 1.165) is 122 Å². The first-order valence-corrected chi connectivity index (χ1v) is 45.7. The van der Waals surface area contributed by atoms with Gasteiger partial charge < -0.3 is 33.8 Å². The molecule has 677 valence electrons. The minimum Gasteiger partial charge on any atom is -0.481 e. The van der Waals surface area contributed by atoms with Crippen LogP contribution in [-0.4, -0.2) is 50.2 Å². The molecule has 4 aromatic heterocycles. The van der Waals surface area contributed by atoms with Gasteiger partial charge in [0, 0.05) is 123 Å². The van der Waals surface area contributed by atoms with Crippen molar-refractivity contribution in [3.8, 4) is 44.5 Å². The van der Waals surface area contributed by atoms with Gasteiger partial charge >= 0.3 is 5.97 Å². The SMILES string of the molecule is C/C=C/c1ccc(N)cc1C.CCCc1cc(-c2ccc3c(cnn3C)c2)c(C)cc1C.CCCc1cc(-c2ccc3c(cnn3C)c2)c(C)cc1C.CCCc1cc(-c2ccc3c(cnn3C)c2)c(N)cc1C.CCCc1cc(C)c(N)cc1C.CCCc1ccc(N)cc1C.Cc1cc(C)c(-c2ccc3c(cnn3C)c2)cc1CCC(=O)O.Cc1ccc(N)cc1C.[Y]. The number of nitrogens with zero attached hydrogens (tertiary/aromatic N) is 8. The molecule has 11 N–H and O–H groups in total. The van der Waals surface area contributed by atoms with Gasteiger partial charge in [-0.1, -0.05) is 164 Å². The number of carboxylic acids is 1. The standard InChI is InChI=1S/C19H20N2O2.2C19H22N2.C18H21N3.C11H17N.C10H15N.C10H13N.C8H11N.Y/c1-12-8-13(2)17(10-14(12)5-7-19(22)23)15-4-6-18-16(9-15)11-20-21(18)3;2*1-5-6-15-11-18(14(3)9-13(15)2)16-7-8-19-17(10-16)12-20-21(19)4;1-4-5-13-10-16(17(19)8-12(13)2)14-6-7-18-15(9-14)11-20-21(18)3;1-4-5-10-6-9(3)11(12)7-8(10)2;2*1-3-4-9-5-6-10(11)7-8(9)2;1-6-3-4-8(9)5-7(6)2;/h4,6,8-11H,5,7H2,1-3H3,(H,22,23);2*7-12H,5-6H2,1-4H3;6-11H,4-5,19H2,1-3H3;6-7H,4-5,12H2,1-3H3;5-7H,3-4,11H2,1-2H3;3-7H,11H2,1-2H3;3-5H,9H2,1-2H3;/b;;;;;;4-3+;;. The summed E-state index contributed by atoms with van der Waals surface area (Å²) in [7, 11) is 7.86. The summed E-state index contributed by atoms with van der Waals surface area (Å²) in [4.78, 5) is 10.8. The molecular formula is C114H141N13O2Y. The van der Waals surface area contributed by atoms with Crippen LogP contribution >= 0.6 is 0 Å². The number of aromatic nitrogens is 8. The fraction of sp³-hybridized carbons (Fsp3) is 0.307. The number of nitrogens with two attached hydrogens (primary N) is 5. The zero-order valence-electron chi connectivity index (χ0n) is 81.7. The summed E-state index contributed by atoms with van der Waals surface area (Å²) >= 11 is 0. The molecule has 0 unspecified atom stereocenters. The molecule has 130 heavy (non-hydrogen) atoms. The number of fused-ring (bicyclic) bond motifs is 4. The van der Waals surface area contributed by atoms with Crippen molar-refractivity contribution >= 4 is 84.1 Å². The number of nitrogen functional groups attached to an aromatic ring is 5. The molecule has 0 aliphatic rings. The maximum Gasteiger partial charge on any atom is 0.303 e. The van der Waals surface area contributed by atoms with Crippen LogP contribution in [0.2, 0.25) is 0 Å². The third-order valence-corrected chi connectivity index (χ3v) is 24.3. The van der Waals surface area contributed by atoms with Crippen molar-refractivity contribution in [2.24, 2.45) is 28.2 Å². The number of allylic oxidation sites excluding steroid dienone is 1. The van der Waals surface area contributed by atoms with E-state index in [1.165, 1.54) is 170 Å². The van der Waals surface area contributed by atoms with Gasteiger partial charge in [-0.05, 0) is 389 Å². The van der Waals surface area contributed by atoms with Gasteiger partial charge in [0.1, 0.15) is 0 Å². The Morgan fingerprint density at radius 3 is 0.938 bits per heavy atom. The van der Waals surface area contributed by atoms with Gasteiger partial charge in [0.05, 0.1) is 46.9 Å². The third-order valence-electron chi connectivity index (χ3n) is 24.3. The molecule has 0 saturated heterocycles. The molecule has 0 amide bonds. The Morgan fingerprint density at radius 2 is 0.600 bits per heavy atom. The summed E-state index contributed by atoms with van der Waals surface area (Å²) < 4.78 is 7.59. The van der Waals surface area contributed by atoms with E-state index in [1.807, 2.05) is 140 Å². The zero-order valence-corrected chi connectivity index (χ0v) is 84.6. The molecule has 0 fully saturated rings. The number of hydrogen-bond acceptors (Lipinski definition) is 10. The molecule has 0 aliphatic heterocycles. The van der Waals surface area contributed by atoms with Gasteiger partial charge in [0.2, 0.25) is 0 Å². The molecule has 0 spiro atoms. The van der Waals surface area contributed by atoms with Crippen LogP contribution in [0.3, 0.4) is 0 Å². The Kier molecular flexibility index (Phi) is 38.9. The van der Waals surface area contributed by atoms with Crippen LogP contribution in [0.1, 0.15) is 191 Å². The second-order valence-corrected chi connectivity index (χ2v) is 34.7. The molecule has 4 heterocycles. The van der Waals surface area contributed by atoms with Crippen molar-refractivity contribution in [1.82, 2.24) is 39.1 Å². The van der Waals surface area contributed by atoms with Gasteiger partial charge in [-0.3, -0.25) is 23.5 Å². The largest absolute Gasteiger partial charge is 0.481 e. The van der Waals surface area contributed by atoms with E-state index in [0.29, 0.717) is 6.42 Å². The van der Waals surface area contributed by atoms with Crippen molar-refractivity contribution in [3.05, 3.63) is 330 Å². The van der Waals surface area contributed by atoms with E-state index in [4.69, 9.17) is 33.8 Å². The Morgan fingerprint density at radius 1 is 0.300 bits per heavy atom. The van der Waals surface area contributed by atoms with E-state index in [9.17, 15) is 4.79 Å². The fourth-order valence-electron chi connectivity index (χ4n) is 16.6. The maximum absolute atomic E-state index is 10.8. The Labute approximate surface area is 799 Å². The quantitative estimate of drug-likeness (QED) is 0.0442. The Bertz CT molecular complexity index is 6220. The molecule has 15 nitrogen and oxygen atoms in total. The summed E-state index contributed by atoms with van der Waals surface area (Å²) in [6.07, 6.45) is 24.1. The van der Waals surface area contributed by atoms with Crippen LogP contribution in [0.25, 0.3) is 94.2 Å². The number of aryl methyl sites for hydroxylation is 23. The smallest absolute Gasteiger partial charge is 0.303 e. The predicted molar refractivity (Wildman–Crippen MR) is 555 cm³/mol. The van der Waals surface area contributed by atoms with Crippen LogP contribution < -0.4 is 28.7 Å².